The highest BCUT2D eigenvalue weighted by Gasteiger charge is 2.39. The van der Waals surface area contributed by atoms with Crippen molar-refractivity contribution < 1.29 is 37.4 Å². The number of anilines is 2. The van der Waals surface area contributed by atoms with Crippen LogP contribution in [0.15, 0.2) is 30.5 Å². The Labute approximate surface area is 223 Å². The van der Waals surface area contributed by atoms with E-state index in [1.165, 1.54) is 35.4 Å². The first-order valence-corrected chi connectivity index (χ1v) is 12.2. The van der Waals surface area contributed by atoms with Crippen molar-refractivity contribution in [2.24, 2.45) is 0 Å². The standard InChI is InChI=1S/C24H30F3N5O5S/c1-5-10-23(38,6-2)32(22(36)31-18-12-16(9-11-28-18)37-13-19(33)34)20-14(3)7-8-17(30-20)21(35)29-15(4)24(25,26)27/h7-9,11-12,15,38H,5-6,10,13H2,1-4H3,(H,29,35)(H,33,34)(H,28,31,36)/t15-,23+/m1/s1. The maximum absolute atomic E-state index is 13.6. The van der Waals surface area contributed by atoms with E-state index in [1.807, 2.05) is 12.2 Å². The van der Waals surface area contributed by atoms with Gasteiger partial charge in [0.25, 0.3) is 5.91 Å². The van der Waals surface area contributed by atoms with Gasteiger partial charge in [-0.15, -0.1) is 0 Å². The van der Waals surface area contributed by atoms with Crippen LogP contribution in [0.5, 0.6) is 5.75 Å². The van der Waals surface area contributed by atoms with Crippen molar-refractivity contribution in [2.45, 2.75) is 64.0 Å². The molecule has 0 bridgehead atoms. The van der Waals surface area contributed by atoms with Gasteiger partial charge in [0, 0.05) is 12.3 Å². The molecule has 2 aromatic heterocycles. The molecule has 0 saturated heterocycles. The van der Waals surface area contributed by atoms with Crippen molar-refractivity contribution in [2.75, 3.05) is 16.8 Å². The number of hydrogen-bond acceptors (Lipinski definition) is 7. The number of ether oxygens (including phenoxy) is 1. The Morgan fingerprint density at radius 2 is 1.89 bits per heavy atom. The first-order valence-electron chi connectivity index (χ1n) is 11.7. The number of carboxylic acids is 1. The number of pyridine rings is 2. The van der Waals surface area contributed by atoms with Crippen LogP contribution < -0.4 is 20.3 Å². The van der Waals surface area contributed by atoms with Crippen molar-refractivity contribution >= 4 is 42.2 Å². The summed E-state index contributed by atoms with van der Waals surface area (Å²) >= 11 is 4.78. The highest BCUT2D eigenvalue weighted by Crippen LogP contribution is 2.36. The van der Waals surface area contributed by atoms with E-state index in [2.05, 4.69) is 15.3 Å². The van der Waals surface area contributed by atoms with Gasteiger partial charge in [0.15, 0.2) is 6.61 Å². The van der Waals surface area contributed by atoms with E-state index in [0.717, 1.165) is 6.92 Å². The zero-order chi connectivity index (χ0) is 28.7. The fourth-order valence-corrected chi connectivity index (χ4v) is 3.84. The van der Waals surface area contributed by atoms with Crippen LogP contribution in [-0.2, 0) is 4.79 Å². The number of rotatable bonds is 11. The van der Waals surface area contributed by atoms with E-state index in [9.17, 15) is 27.6 Å². The number of aryl methyl sites for hydroxylation is 1. The molecule has 38 heavy (non-hydrogen) atoms. The number of carboxylic acid groups (broad SMARTS) is 1. The monoisotopic (exact) mass is 557 g/mol. The number of urea groups is 1. The van der Waals surface area contributed by atoms with Crippen LogP contribution >= 0.6 is 12.6 Å². The summed E-state index contributed by atoms with van der Waals surface area (Å²) in [7, 11) is 0. The minimum atomic E-state index is -4.64. The molecule has 10 nitrogen and oxygen atoms in total. The number of thiol groups is 1. The molecule has 2 atom stereocenters. The third kappa shape index (κ3) is 7.97. The largest absolute Gasteiger partial charge is 0.482 e. The van der Waals surface area contributed by atoms with Crippen molar-refractivity contribution in [1.82, 2.24) is 15.3 Å². The third-order valence-corrected chi connectivity index (χ3v) is 6.26. The molecule has 0 saturated carbocycles. The molecule has 2 heterocycles. The van der Waals surface area contributed by atoms with Gasteiger partial charge in [0.05, 0.1) is 4.87 Å². The van der Waals surface area contributed by atoms with Crippen LogP contribution in [0.1, 0.15) is 56.1 Å². The number of carbonyl (C=O) groups is 3. The molecule has 2 aromatic rings. The Kier molecular flexibility index (Phi) is 10.3. The summed E-state index contributed by atoms with van der Waals surface area (Å²) in [5, 5.41) is 13.3. The van der Waals surface area contributed by atoms with E-state index in [1.54, 1.807) is 13.8 Å². The third-order valence-electron chi connectivity index (χ3n) is 5.52. The lowest BCUT2D eigenvalue weighted by molar-refractivity contribution is -0.149. The highest BCUT2D eigenvalue weighted by molar-refractivity contribution is 7.82. The van der Waals surface area contributed by atoms with Crippen LogP contribution in [0.3, 0.4) is 0 Å². The number of aromatic nitrogens is 2. The van der Waals surface area contributed by atoms with E-state index < -0.39 is 41.6 Å². The predicted molar refractivity (Wildman–Crippen MR) is 138 cm³/mol. The topological polar surface area (TPSA) is 134 Å². The molecule has 0 fully saturated rings. The maximum atomic E-state index is 13.6. The van der Waals surface area contributed by atoms with Crippen LogP contribution in [0.2, 0.25) is 0 Å². The van der Waals surface area contributed by atoms with Crippen molar-refractivity contribution in [3.8, 4) is 5.75 Å². The highest BCUT2D eigenvalue weighted by atomic mass is 32.1. The minimum absolute atomic E-state index is 0.0263. The summed E-state index contributed by atoms with van der Waals surface area (Å²) in [5.74, 6) is -2.03. The molecule has 0 radical (unpaired) electrons. The Morgan fingerprint density at radius 3 is 2.47 bits per heavy atom. The quantitative estimate of drug-likeness (QED) is 0.230. The second kappa shape index (κ2) is 12.8. The summed E-state index contributed by atoms with van der Waals surface area (Å²) in [5.41, 5.74) is 0.153. The van der Waals surface area contributed by atoms with Crippen molar-refractivity contribution in [1.29, 1.82) is 0 Å². The lowest BCUT2D eigenvalue weighted by atomic mass is 10.1. The SMILES string of the molecule is CCC[C@@](S)(CC)N(C(=O)Nc1cc(OCC(=O)O)ccn1)c1nc(C(=O)N[C@H](C)C(F)(F)F)ccc1C. The van der Waals surface area contributed by atoms with Gasteiger partial charge in [-0.05, 0) is 44.4 Å². The molecular weight excluding hydrogens is 527 g/mol. The number of nitrogens with zero attached hydrogens (tertiary/aromatic N) is 3. The average Bonchev–Trinajstić information content (AvgIpc) is 2.83. The zero-order valence-electron chi connectivity index (χ0n) is 21.3. The molecule has 0 aliphatic carbocycles. The number of nitrogens with one attached hydrogen (secondary N) is 2. The van der Waals surface area contributed by atoms with Gasteiger partial charge in [-0.2, -0.15) is 25.8 Å². The fourth-order valence-electron chi connectivity index (χ4n) is 3.43. The first kappa shape index (κ1) is 30.7. The number of alkyl halides is 3. The molecule has 0 aromatic carbocycles. The number of amides is 3. The lowest BCUT2D eigenvalue weighted by Gasteiger charge is -2.39. The fraction of sp³-hybridized carbons (Fsp3) is 0.458. The van der Waals surface area contributed by atoms with Crippen LogP contribution in [0, 0.1) is 6.92 Å². The van der Waals surface area contributed by atoms with Crippen molar-refractivity contribution in [3.63, 3.8) is 0 Å². The average molecular weight is 558 g/mol. The smallest absolute Gasteiger partial charge is 0.408 e. The molecule has 3 amide bonds. The molecule has 2 rings (SSSR count). The van der Waals surface area contributed by atoms with Gasteiger partial charge < -0.3 is 15.2 Å². The molecule has 3 N–H and O–H groups in total. The predicted octanol–water partition coefficient (Wildman–Crippen LogP) is 4.80. The summed E-state index contributed by atoms with van der Waals surface area (Å²) in [6, 6.07) is 2.65. The van der Waals surface area contributed by atoms with Gasteiger partial charge in [-0.1, -0.05) is 26.3 Å². The summed E-state index contributed by atoms with van der Waals surface area (Å²) in [6.45, 7) is 5.55. The van der Waals surface area contributed by atoms with E-state index in [0.29, 0.717) is 24.8 Å². The minimum Gasteiger partial charge on any atom is -0.482 e. The van der Waals surface area contributed by atoms with E-state index in [-0.39, 0.29) is 23.1 Å². The zero-order valence-corrected chi connectivity index (χ0v) is 22.2. The Bertz CT molecular complexity index is 1170. The lowest BCUT2D eigenvalue weighted by Crippen LogP contribution is -2.51. The molecule has 0 spiro atoms. The van der Waals surface area contributed by atoms with E-state index >= 15 is 0 Å². The maximum Gasteiger partial charge on any atom is 0.408 e. The number of hydrogen-bond donors (Lipinski definition) is 4. The second-order valence-corrected chi connectivity index (χ2v) is 9.32. The number of carbonyl (C=O) groups excluding carboxylic acids is 2. The van der Waals surface area contributed by atoms with Gasteiger partial charge in [-0.25, -0.2) is 19.6 Å². The molecular formula is C24H30F3N5O5S. The summed E-state index contributed by atoms with van der Waals surface area (Å²) in [4.78, 5) is 45.4. The Morgan fingerprint density at radius 1 is 1.21 bits per heavy atom. The summed E-state index contributed by atoms with van der Waals surface area (Å²) < 4.78 is 44.0. The van der Waals surface area contributed by atoms with Crippen LogP contribution in [0.25, 0.3) is 0 Å². The number of halogens is 3. The molecule has 0 aliphatic rings. The Balaban J connectivity index is 2.48. The summed E-state index contributed by atoms with van der Waals surface area (Å²) in [6.07, 6.45) is -1.94. The van der Waals surface area contributed by atoms with Gasteiger partial charge >= 0.3 is 18.2 Å². The van der Waals surface area contributed by atoms with Crippen LogP contribution in [-0.4, -0.2) is 56.7 Å². The normalized spacial score (nSPS) is 13.7. The number of aliphatic carboxylic acids is 1. The molecule has 14 heteroatoms. The molecule has 0 unspecified atom stereocenters. The molecule has 0 aliphatic heterocycles. The van der Waals surface area contributed by atoms with Crippen molar-refractivity contribution in [3.05, 3.63) is 41.7 Å². The van der Waals surface area contributed by atoms with Crippen LogP contribution in [0.4, 0.5) is 29.6 Å². The van der Waals surface area contributed by atoms with Gasteiger partial charge in [0.2, 0.25) is 0 Å². The van der Waals surface area contributed by atoms with E-state index in [4.69, 9.17) is 22.5 Å². The van der Waals surface area contributed by atoms with Gasteiger partial charge in [-0.3, -0.25) is 15.0 Å². The van der Waals surface area contributed by atoms with Gasteiger partial charge in [0.1, 0.15) is 29.1 Å². The first-order chi connectivity index (χ1) is 17.7. The second-order valence-electron chi connectivity index (χ2n) is 8.48. The molecule has 208 valence electrons. The Hall–Kier alpha value is -3.55.